The van der Waals surface area contributed by atoms with Gasteiger partial charge >= 0.3 is 12.1 Å². The molecule has 7 nitrogen and oxygen atoms in total. The van der Waals surface area contributed by atoms with E-state index in [1.807, 2.05) is 20.8 Å². The molecule has 0 aromatic heterocycles. The highest BCUT2D eigenvalue weighted by Gasteiger charge is 2.45. The minimum Gasteiger partial charge on any atom is -0.465 e. The average molecular weight is 314 g/mol. The number of ether oxygens (including phenoxy) is 3. The highest BCUT2D eigenvalue weighted by atomic mass is 16.6. The van der Waals surface area contributed by atoms with E-state index >= 15 is 0 Å². The van der Waals surface area contributed by atoms with Crippen LogP contribution in [0.1, 0.15) is 34.1 Å². The number of rotatable bonds is 2. The Morgan fingerprint density at radius 1 is 1.41 bits per heavy atom. The van der Waals surface area contributed by atoms with Crippen molar-refractivity contribution in [3.8, 4) is 0 Å². The van der Waals surface area contributed by atoms with E-state index in [0.717, 1.165) is 6.42 Å². The monoisotopic (exact) mass is 314 g/mol. The number of nitrogens with one attached hydrogen (secondary N) is 1. The van der Waals surface area contributed by atoms with E-state index in [1.54, 1.807) is 11.8 Å². The first-order chi connectivity index (χ1) is 10.2. The molecule has 22 heavy (non-hydrogen) atoms. The smallest absolute Gasteiger partial charge is 0.410 e. The number of carbonyl (C=O) groups is 2. The largest absolute Gasteiger partial charge is 0.465 e. The van der Waals surface area contributed by atoms with Crippen LogP contribution in [-0.2, 0) is 19.0 Å². The highest BCUT2D eigenvalue weighted by molar-refractivity contribution is 5.76. The predicted molar refractivity (Wildman–Crippen MR) is 79.5 cm³/mol. The Bertz CT molecular complexity index is 424. The van der Waals surface area contributed by atoms with Gasteiger partial charge in [0.15, 0.2) is 0 Å². The Morgan fingerprint density at radius 2 is 2.14 bits per heavy atom. The van der Waals surface area contributed by atoms with Gasteiger partial charge in [-0.1, -0.05) is 0 Å². The number of nitrogens with zero attached hydrogens (tertiary/aromatic N) is 1. The van der Waals surface area contributed by atoms with Crippen LogP contribution in [0.2, 0.25) is 0 Å². The van der Waals surface area contributed by atoms with Gasteiger partial charge in [0.25, 0.3) is 0 Å². The van der Waals surface area contributed by atoms with Gasteiger partial charge in [-0.15, -0.1) is 0 Å². The maximum Gasteiger partial charge on any atom is 0.410 e. The summed E-state index contributed by atoms with van der Waals surface area (Å²) >= 11 is 0. The molecule has 0 aromatic carbocycles. The van der Waals surface area contributed by atoms with Crippen LogP contribution in [0.3, 0.4) is 0 Å². The molecule has 2 fully saturated rings. The first kappa shape index (κ1) is 17.0. The molecule has 2 heterocycles. The summed E-state index contributed by atoms with van der Waals surface area (Å²) in [5, 5.41) is 3.17. The molecule has 0 aromatic rings. The number of likely N-dealkylation sites (tertiary alicyclic amines) is 1. The third-order valence-corrected chi connectivity index (χ3v) is 3.77. The molecule has 1 spiro atoms. The molecule has 1 N–H and O–H groups in total. The van der Waals surface area contributed by atoms with Gasteiger partial charge in [-0.25, -0.2) is 4.79 Å². The Kier molecular flexibility index (Phi) is 4.97. The molecule has 0 radical (unpaired) electrons. The zero-order valence-corrected chi connectivity index (χ0v) is 13.8. The van der Waals surface area contributed by atoms with Crippen molar-refractivity contribution in [3.63, 3.8) is 0 Å². The first-order valence-electron chi connectivity index (χ1n) is 7.77. The van der Waals surface area contributed by atoms with Crippen LogP contribution in [0, 0.1) is 0 Å². The lowest BCUT2D eigenvalue weighted by Crippen LogP contribution is -2.58. The summed E-state index contributed by atoms with van der Waals surface area (Å²) < 4.78 is 16.3. The molecule has 2 rings (SSSR count). The van der Waals surface area contributed by atoms with Gasteiger partial charge in [-0.3, -0.25) is 10.1 Å². The second-order valence-electron chi connectivity index (χ2n) is 6.83. The minimum absolute atomic E-state index is 0.265. The molecule has 2 saturated heterocycles. The third-order valence-electron chi connectivity index (χ3n) is 3.77. The number of carbonyl (C=O) groups excluding carboxylic acids is 2. The number of esters is 1. The summed E-state index contributed by atoms with van der Waals surface area (Å²) in [4.78, 5) is 25.4. The molecule has 7 heteroatoms. The fourth-order valence-corrected chi connectivity index (χ4v) is 2.66. The minimum atomic E-state index is -0.506. The molecule has 0 bridgehead atoms. The SMILES string of the molecule is CCOC(=O)C1COC2(CCN(C(=O)OC(C)(C)C)C2)CN1. The number of amides is 1. The average Bonchev–Trinajstić information content (AvgIpc) is 2.82. The van der Waals surface area contributed by atoms with E-state index in [2.05, 4.69) is 5.32 Å². The Hall–Kier alpha value is -1.34. The molecule has 2 unspecified atom stereocenters. The molecule has 2 atom stereocenters. The third kappa shape index (κ3) is 4.10. The van der Waals surface area contributed by atoms with Crippen LogP contribution in [0.5, 0.6) is 0 Å². The zero-order chi connectivity index (χ0) is 16.4. The van der Waals surface area contributed by atoms with Crippen LogP contribution in [0.15, 0.2) is 0 Å². The van der Waals surface area contributed by atoms with Gasteiger partial charge in [0.05, 0.1) is 25.4 Å². The second-order valence-corrected chi connectivity index (χ2v) is 6.83. The molecule has 1 amide bonds. The summed E-state index contributed by atoms with van der Waals surface area (Å²) in [6.07, 6.45) is 0.412. The molecule has 126 valence electrons. The standard InChI is InChI=1S/C15H26N2O5/c1-5-20-12(18)11-8-21-15(9-16-11)6-7-17(10-15)13(19)22-14(2,3)4/h11,16H,5-10H2,1-4H3. The quantitative estimate of drug-likeness (QED) is 0.764. The van der Waals surface area contributed by atoms with Crippen LogP contribution in [0.25, 0.3) is 0 Å². The number of hydrogen-bond acceptors (Lipinski definition) is 6. The van der Waals surface area contributed by atoms with E-state index in [-0.39, 0.29) is 18.7 Å². The lowest BCUT2D eigenvalue weighted by molar-refractivity contribution is -0.154. The van der Waals surface area contributed by atoms with Gasteiger partial charge in [0.2, 0.25) is 0 Å². The van der Waals surface area contributed by atoms with Crippen molar-refractivity contribution in [2.24, 2.45) is 0 Å². The number of hydrogen-bond donors (Lipinski definition) is 1. The molecular formula is C15H26N2O5. The maximum absolute atomic E-state index is 12.1. The van der Waals surface area contributed by atoms with Crippen molar-refractivity contribution in [2.75, 3.05) is 32.8 Å². The molecule has 2 aliphatic rings. The van der Waals surface area contributed by atoms with Crippen molar-refractivity contribution in [3.05, 3.63) is 0 Å². The van der Waals surface area contributed by atoms with Crippen molar-refractivity contribution in [2.45, 2.75) is 51.4 Å². The predicted octanol–water partition coefficient (Wildman–Crippen LogP) is 0.917. The fourth-order valence-electron chi connectivity index (χ4n) is 2.66. The normalized spacial score (nSPS) is 28.7. The van der Waals surface area contributed by atoms with E-state index in [4.69, 9.17) is 14.2 Å². The summed E-state index contributed by atoms with van der Waals surface area (Å²) in [5.41, 5.74) is -0.937. The van der Waals surface area contributed by atoms with E-state index in [9.17, 15) is 9.59 Å². The lowest BCUT2D eigenvalue weighted by Gasteiger charge is -2.37. The summed E-state index contributed by atoms with van der Waals surface area (Å²) in [6, 6.07) is -0.429. The zero-order valence-electron chi connectivity index (χ0n) is 13.8. The summed E-state index contributed by atoms with van der Waals surface area (Å²) in [6.45, 7) is 9.53. The first-order valence-corrected chi connectivity index (χ1v) is 7.77. The van der Waals surface area contributed by atoms with Crippen LogP contribution >= 0.6 is 0 Å². The Morgan fingerprint density at radius 3 is 2.68 bits per heavy atom. The van der Waals surface area contributed by atoms with Gasteiger partial charge < -0.3 is 19.1 Å². The van der Waals surface area contributed by atoms with Crippen molar-refractivity contribution >= 4 is 12.1 Å². The summed E-state index contributed by atoms with van der Waals surface area (Å²) in [7, 11) is 0. The van der Waals surface area contributed by atoms with Crippen molar-refractivity contribution < 1.29 is 23.8 Å². The Labute approximate surface area is 131 Å². The highest BCUT2D eigenvalue weighted by Crippen LogP contribution is 2.28. The molecule has 2 aliphatic heterocycles. The van der Waals surface area contributed by atoms with E-state index in [1.165, 1.54) is 0 Å². The van der Waals surface area contributed by atoms with Gasteiger partial charge in [-0.2, -0.15) is 0 Å². The Balaban J connectivity index is 1.86. The molecule has 0 saturated carbocycles. The molecule has 0 aliphatic carbocycles. The van der Waals surface area contributed by atoms with Gasteiger partial charge in [0.1, 0.15) is 11.6 Å². The van der Waals surface area contributed by atoms with Gasteiger partial charge in [-0.05, 0) is 34.1 Å². The van der Waals surface area contributed by atoms with E-state index in [0.29, 0.717) is 26.2 Å². The van der Waals surface area contributed by atoms with Crippen molar-refractivity contribution in [1.29, 1.82) is 0 Å². The van der Waals surface area contributed by atoms with Crippen LogP contribution in [0.4, 0.5) is 4.79 Å². The number of morpholine rings is 1. The lowest BCUT2D eigenvalue weighted by atomic mass is 10.0. The summed E-state index contributed by atoms with van der Waals surface area (Å²) in [5.74, 6) is -0.292. The van der Waals surface area contributed by atoms with Gasteiger partial charge in [0, 0.05) is 13.1 Å². The topological polar surface area (TPSA) is 77.1 Å². The fraction of sp³-hybridized carbons (Fsp3) is 0.867. The van der Waals surface area contributed by atoms with Crippen LogP contribution in [-0.4, -0.2) is 67.1 Å². The van der Waals surface area contributed by atoms with Crippen LogP contribution < -0.4 is 5.32 Å². The molecular weight excluding hydrogens is 288 g/mol. The van der Waals surface area contributed by atoms with E-state index < -0.39 is 17.2 Å². The van der Waals surface area contributed by atoms with Crippen molar-refractivity contribution in [1.82, 2.24) is 10.2 Å². The second kappa shape index (κ2) is 6.42. The maximum atomic E-state index is 12.1.